The third-order valence-electron chi connectivity index (χ3n) is 2.66. The second-order valence-electron chi connectivity index (χ2n) is 4.04. The zero-order valence-corrected chi connectivity index (χ0v) is 13.0. The van der Waals surface area contributed by atoms with Gasteiger partial charge in [0.25, 0.3) is 0 Å². The van der Waals surface area contributed by atoms with Gasteiger partial charge in [-0.25, -0.2) is 14.4 Å². The first-order valence-electron chi connectivity index (χ1n) is 6.03. The van der Waals surface area contributed by atoms with Crippen LogP contribution in [0.15, 0.2) is 22.9 Å². The number of aromatic carboxylic acids is 1. The molecule has 7 nitrogen and oxygen atoms in total. The Bertz CT molecular complexity index is 707. The number of ether oxygens (including phenoxy) is 1. The Hall–Kier alpha value is -2.39. The van der Waals surface area contributed by atoms with E-state index in [2.05, 4.69) is 15.4 Å². The van der Waals surface area contributed by atoms with Crippen molar-refractivity contribution in [3.63, 3.8) is 0 Å². The van der Waals surface area contributed by atoms with E-state index in [-0.39, 0.29) is 11.4 Å². The molecule has 0 aliphatic carbocycles. The van der Waals surface area contributed by atoms with Crippen molar-refractivity contribution in [1.82, 2.24) is 5.32 Å². The number of hydrogen-bond acceptors (Lipinski definition) is 6. The summed E-state index contributed by atoms with van der Waals surface area (Å²) in [7, 11) is 1.26. The molecule has 2 heterocycles. The van der Waals surface area contributed by atoms with Crippen LogP contribution in [-0.4, -0.2) is 30.2 Å². The van der Waals surface area contributed by atoms with Crippen molar-refractivity contribution < 1.29 is 24.2 Å². The lowest BCUT2D eigenvalue weighted by atomic mass is 10.2. The zero-order valence-electron chi connectivity index (χ0n) is 11.4. The van der Waals surface area contributed by atoms with Crippen LogP contribution in [0.4, 0.5) is 10.5 Å². The lowest BCUT2D eigenvalue weighted by Gasteiger charge is -2.07. The van der Waals surface area contributed by atoms with Gasteiger partial charge in [-0.1, -0.05) is 0 Å². The molecule has 0 saturated carbocycles. The largest absolute Gasteiger partial charge is 0.477 e. The number of carbonyl (C=O) groups excluding carboxylic acids is 2. The molecule has 0 atom stereocenters. The van der Waals surface area contributed by atoms with Crippen LogP contribution in [0, 0.1) is 0 Å². The second kappa shape index (κ2) is 7.05. The molecule has 0 saturated heterocycles. The number of thiophene rings is 2. The molecule has 0 spiro atoms. The summed E-state index contributed by atoms with van der Waals surface area (Å²) in [6, 6.07) is 2.69. The minimum absolute atomic E-state index is 0.0780. The van der Waals surface area contributed by atoms with Gasteiger partial charge in [-0.2, -0.15) is 0 Å². The maximum atomic E-state index is 11.8. The van der Waals surface area contributed by atoms with E-state index < -0.39 is 18.0 Å². The van der Waals surface area contributed by atoms with E-state index in [0.29, 0.717) is 16.1 Å². The number of carboxylic acids is 1. The molecule has 0 bridgehead atoms. The Morgan fingerprint density at radius 3 is 2.55 bits per heavy atom. The van der Waals surface area contributed by atoms with Crippen molar-refractivity contribution in [3.05, 3.63) is 38.2 Å². The van der Waals surface area contributed by atoms with Crippen LogP contribution >= 0.6 is 22.7 Å². The van der Waals surface area contributed by atoms with Gasteiger partial charge in [-0.15, -0.1) is 22.7 Å². The molecule has 3 N–H and O–H groups in total. The fourth-order valence-electron chi connectivity index (χ4n) is 1.66. The van der Waals surface area contributed by atoms with E-state index in [1.165, 1.54) is 7.11 Å². The summed E-state index contributed by atoms with van der Waals surface area (Å²) in [6.07, 6.45) is 0. The summed E-state index contributed by atoms with van der Waals surface area (Å²) in [5, 5.41) is 17.4. The van der Waals surface area contributed by atoms with Gasteiger partial charge >= 0.3 is 18.0 Å². The number of carbonyl (C=O) groups is 3. The maximum Gasteiger partial charge on any atom is 0.350 e. The predicted molar refractivity (Wildman–Crippen MR) is 82.8 cm³/mol. The number of anilines is 1. The van der Waals surface area contributed by atoms with Crippen LogP contribution in [0.3, 0.4) is 0 Å². The molecular weight excluding hydrogens is 328 g/mol. The predicted octanol–water partition coefficient (Wildman–Crippen LogP) is 2.62. The van der Waals surface area contributed by atoms with Gasteiger partial charge in [0.1, 0.15) is 9.75 Å². The Morgan fingerprint density at radius 2 is 1.86 bits per heavy atom. The normalized spacial score (nSPS) is 10.0. The summed E-state index contributed by atoms with van der Waals surface area (Å²) in [5.74, 6) is -1.56. The van der Waals surface area contributed by atoms with Gasteiger partial charge in [-0.05, 0) is 28.5 Å². The number of carboxylic acid groups (broad SMARTS) is 1. The van der Waals surface area contributed by atoms with Gasteiger partial charge in [0.05, 0.1) is 12.8 Å². The third-order valence-corrected chi connectivity index (χ3v) is 4.50. The average Bonchev–Trinajstić information content (AvgIpc) is 3.13. The second-order valence-corrected chi connectivity index (χ2v) is 5.88. The van der Waals surface area contributed by atoms with E-state index >= 15 is 0 Å². The highest BCUT2D eigenvalue weighted by atomic mass is 32.1. The standard InChI is InChI=1S/C13H12N2O5S2/c1-20-12(18)10-8(3-5-22-10)15-13(19)14-6-7-2-4-21-9(7)11(16)17/h2-5H,6H2,1H3,(H,16,17)(H2,14,15,19). The van der Waals surface area contributed by atoms with E-state index in [1.807, 2.05) is 0 Å². The molecular formula is C13H12N2O5S2. The van der Waals surface area contributed by atoms with Gasteiger partial charge in [-0.3, -0.25) is 0 Å². The summed E-state index contributed by atoms with van der Waals surface area (Å²) in [4.78, 5) is 34.8. The maximum absolute atomic E-state index is 11.8. The molecule has 9 heteroatoms. The molecule has 2 amide bonds. The topological polar surface area (TPSA) is 105 Å². The Balaban J connectivity index is 1.96. The van der Waals surface area contributed by atoms with Gasteiger partial charge in [0.15, 0.2) is 0 Å². The highest BCUT2D eigenvalue weighted by molar-refractivity contribution is 7.12. The fraction of sp³-hybridized carbons (Fsp3) is 0.154. The minimum atomic E-state index is -1.03. The molecule has 0 fully saturated rings. The molecule has 0 aliphatic rings. The first-order chi connectivity index (χ1) is 10.5. The molecule has 2 aromatic rings. The van der Waals surface area contributed by atoms with Crippen LogP contribution in [0.5, 0.6) is 0 Å². The van der Waals surface area contributed by atoms with E-state index in [4.69, 9.17) is 5.11 Å². The van der Waals surface area contributed by atoms with E-state index in [1.54, 1.807) is 22.9 Å². The molecule has 0 radical (unpaired) electrons. The number of hydrogen-bond donors (Lipinski definition) is 3. The SMILES string of the molecule is COC(=O)c1sccc1NC(=O)NCc1ccsc1C(=O)O. The Kier molecular flexibility index (Phi) is 5.12. The molecule has 116 valence electrons. The molecule has 0 aliphatic heterocycles. The van der Waals surface area contributed by atoms with Crippen molar-refractivity contribution in [1.29, 1.82) is 0 Å². The van der Waals surface area contributed by atoms with Crippen LogP contribution in [0.1, 0.15) is 24.9 Å². The number of rotatable bonds is 5. The molecule has 2 rings (SSSR count). The first kappa shape index (κ1) is 16.0. The van der Waals surface area contributed by atoms with Gasteiger partial charge in [0, 0.05) is 6.54 Å². The van der Waals surface area contributed by atoms with Crippen molar-refractivity contribution in [2.75, 3.05) is 12.4 Å². The lowest BCUT2D eigenvalue weighted by Crippen LogP contribution is -2.29. The molecule has 22 heavy (non-hydrogen) atoms. The van der Waals surface area contributed by atoms with Crippen LogP contribution in [0.25, 0.3) is 0 Å². The van der Waals surface area contributed by atoms with Crippen molar-refractivity contribution in [3.8, 4) is 0 Å². The number of urea groups is 1. The van der Waals surface area contributed by atoms with Crippen molar-refractivity contribution in [2.45, 2.75) is 6.54 Å². The summed E-state index contributed by atoms with van der Waals surface area (Å²) in [6.45, 7) is 0.0780. The first-order valence-corrected chi connectivity index (χ1v) is 7.79. The Morgan fingerprint density at radius 1 is 1.18 bits per heavy atom. The monoisotopic (exact) mass is 340 g/mol. The Labute approximate surface area is 133 Å². The van der Waals surface area contributed by atoms with E-state index in [0.717, 1.165) is 22.7 Å². The summed E-state index contributed by atoms with van der Waals surface area (Å²) in [5.41, 5.74) is 0.865. The number of nitrogens with one attached hydrogen (secondary N) is 2. The summed E-state index contributed by atoms with van der Waals surface area (Å²) < 4.78 is 4.61. The molecule has 0 unspecified atom stereocenters. The van der Waals surface area contributed by atoms with Crippen LogP contribution in [0.2, 0.25) is 0 Å². The molecule has 0 aromatic carbocycles. The molecule has 2 aromatic heterocycles. The van der Waals surface area contributed by atoms with E-state index in [9.17, 15) is 14.4 Å². The zero-order chi connectivity index (χ0) is 16.1. The smallest absolute Gasteiger partial charge is 0.350 e. The van der Waals surface area contributed by atoms with Gasteiger partial charge < -0.3 is 20.5 Å². The van der Waals surface area contributed by atoms with Crippen LogP contribution < -0.4 is 10.6 Å². The summed E-state index contributed by atoms with van der Waals surface area (Å²) >= 11 is 2.25. The number of amides is 2. The minimum Gasteiger partial charge on any atom is -0.477 e. The van der Waals surface area contributed by atoms with Crippen LogP contribution in [-0.2, 0) is 11.3 Å². The highest BCUT2D eigenvalue weighted by Gasteiger charge is 2.16. The quantitative estimate of drug-likeness (QED) is 0.726. The number of esters is 1. The van der Waals surface area contributed by atoms with Gasteiger partial charge in [0.2, 0.25) is 0 Å². The fourth-order valence-corrected chi connectivity index (χ4v) is 3.19. The number of methoxy groups -OCH3 is 1. The average molecular weight is 340 g/mol. The third kappa shape index (κ3) is 3.62. The van der Waals surface area contributed by atoms with Crippen molar-refractivity contribution in [2.24, 2.45) is 0 Å². The highest BCUT2D eigenvalue weighted by Crippen LogP contribution is 2.23. The van der Waals surface area contributed by atoms with Crippen molar-refractivity contribution >= 4 is 46.3 Å². The lowest BCUT2D eigenvalue weighted by molar-refractivity contribution is 0.0606.